The Bertz CT molecular complexity index is 850. The second-order valence-electron chi connectivity index (χ2n) is 4.99. The van der Waals surface area contributed by atoms with E-state index in [9.17, 15) is 23.7 Å². The molecule has 0 heterocycles. The maximum atomic E-state index is 13.2. The summed E-state index contributed by atoms with van der Waals surface area (Å²) in [5, 5.41) is 16.1. The molecule has 1 amide bonds. The Morgan fingerprint density at radius 3 is 2.50 bits per heavy atom. The summed E-state index contributed by atoms with van der Waals surface area (Å²) in [6, 6.07) is 5.77. The highest BCUT2D eigenvalue weighted by atomic mass is 35.5. The first-order valence-corrected chi connectivity index (χ1v) is 8.70. The summed E-state index contributed by atoms with van der Waals surface area (Å²) >= 11 is 5.66. The molecule has 28 heavy (non-hydrogen) atoms. The topological polar surface area (TPSA) is 93.5 Å². The minimum Gasteiger partial charge on any atom is -0.490 e. The lowest BCUT2D eigenvalue weighted by molar-refractivity contribution is -0.384. The number of rotatable bonds is 7. The number of carbonyl (C=O) groups is 1. The SMILES string of the molecule is CC.CNc1cc(OCCF)c(C(=O)Nc2ccc(F)c(Cl)c2)cc1[N+](=O)[O-]. The number of alkyl halides is 1. The molecule has 2 rings (SSSR count). The van der Waals surface area contributed by atoms with Gasteiger partial charge in [-0.1, -0.05) is 25.4 Å². The summed E-state index contributed by atoms with van der Waals surface area (Å²) in [5.41, 5.74) is -0.254. The van der Waals surface area contributed by atoms with E-state index in [2.05, 4.69) is 10.6 Å². The van der Waals surface area contributed by atoms with Crippen LogP contribution in [-0.4, -0.2) is 31.2 Å². The molecule has 0 fully saturated rings. The number of halogens is 3. The van der Waals surface area contributed by atoms with Crippen LogP contribution in [0.15, 0.2) is 30.3 Å². The molecule has 0 saturated carbocycles. The lowest BCUT2D eigenvalue weighted by Crippen LogP contribution is -2.15. The largest absolute Gasteiger partial charge is 0.490 e. The summed E-state index contributed by atoms with van der Waals surface area (Å²) in [7, 11) is 1.46. The number of anilines is 2. The van der Waals surface area contributed by atoms with Gasteiger partial charge in [0.05, 0.1) is 15.5 Å². The van der Waals surface area contributed by atoms with Crippen molar-refractivity contribution in [3.63, 3.8) is 0 Å². The molecule has 0 aliphatic carbocycles. The van der Waals surface area contributed by atoms with Gasteiger partial charge in [0.1, 0.15) is 30.5 Å². The van der Waals surface area contributed by atoms with E-state index in [1.165, 1.54) is 25.2 Å². The number of carbonyl (C=O) groups excluding carboxylic acids is 1. The predicted octanol–water partition coefficient (Wildman–Crippen LogP) is 5.06. The lowest BCUT2D eigenvalue weighted by atomic mass is 10.1. The van der Waals surface area contributed by atoms with E-state index in [1.807, 2.05) is 13.8 Å². The summed E-state index contributed by atoms with van der Waals surface area (Å²) in [6.45, 7) is 2.87. The van der Waals surface area contributed by atoms with Crippen LogP contribution in [0, 0.1) is 15.9 Å². The van der Waals surface area contributed by atoms with Crippen molar-refractivity contribution in [2.45, 2.75) is 13.8 Å². The normalized spacial score (nSPS) is 9.79. The minimum atomic E-state index is -0.805. The Morgan fingerprint density at radius 1 is 1.29 bits per heavy atom. The number of amides is 1. The molecule has 0 radical (unpaired) electrons. The van der Waals surface area contributed by atoms with Crippen LogP contribution >= 0.6 is 11.6 Å². The monoisotopic (exact) mass is 415 g/mol. The van der Waals surface area contributed by atoms with E-state index in [-0.39, 0.29) is 40.0 Å². The Labute approximate surface area is 165 Å². The molecule has 0 aliphatic heterocycles. The van der Waals surface area contributed by atoms with Crippen LogP contribution in [-0.2, 0) is 0 Å². The third-order valence-corrected chi connectivity index (χ3v) is 3.61. The van der Waals surface area contributed by atoms with Crippen LogP contribution in [0.2, 0.25) is 5.02 Å². The van der Waals surface area contributed by atoms with Crippen molar-refractivity contribution in [3.05, 3.63) is 56.8 Å². The fraction of sp³-hybridized carbons (Fsp3) is 0.278. The molecule has 7 nitrogen and oxygen atoms in total. The number of ether oxygens (including phenoxy) is 1. The lowest BCUT2D eigenvalue weighted by Gasteiger charge is -2.13. The third-order valence-electron chi connectivity index (χ3n) is 3.32. The van der Waals surface area contributed by atoms with Gasteiger partial charge in [0.15, 0.2) is 0 Å². The van der Waals surface area contributed by atoms with Crippen molar-refractivity contribution in [2.24, 2.45) is 0 Å². The highest BCUT2D eigenvalue weighted by Gasteiger charge is 2.23. The van der Waals surface area contributed by atoms with E-state index in [4.69, 9.17) is 16.3 Å². The second-order valence-corrected chi connectivity index (χ2v) is 5.40. The van der Waals surface area contributed by atoms with Gasteiger partial charge in [0, 0.05) is 24.9 Å². The molecular weight excluding hydrogens is 396 g/mol. The van der Waals surface area contributed by atoms with Gasteiger partial charge < -0.3 is 15.4 Å². The molecule has 0 saturated heterocycles. The molecule has 0 aromatic heterocycles. The number of benzene rings is 2. The first-order valence-electron chi connectivity index (χ1n) is 8.32. The summed E-state index contributed by atoms with van der Waals surface area (Å²) in [5.74, 6) is -1.46. The van der Waals surface area contributed by atoms with Crippen LogP contribution in [0.3, 0.4) is 0 Å². The summed E-state index contributed by atoms with van der Waals surface area (Å²) in [6.07, 6.45) is 0. The molecule has 0 aliphatic rings. The molecular formula is C18H20ClF2N3O4. The molecule has 0 spiro atoms. The van der Waals surface area contributed by atoms with Gasteiger partial charge in [0.2, 0.25) is 0 Å². The van der Waals surface area contributed by atoms with E-state index >= 15 is 0 Å². The number of nitrogens with one attached hydrogen (secondary N) is 2. The average molecular weight is 416 g/mol. The van der Waals surface area contributed by atoms with Gasteiger partial charge in [-0.05, 0) is 18.2 Å². The van der Waals surface area contributed by atoms with Gasteiger partial charge in [-0.15, -0.1) is 0 Å². The number of hydrogen-bond acceptors (Lipinski definition) is 5. The van der Waals surface area contributed by atoms with Crippen molar-refractivity contribution in [1.29, 1.82) is 0 Å². The number of nitro groups is 1. The first-order chi connectivity index (χ1) is 13.4. The van der Waals surface area contributed by atoms with Crippen LogP contribution in [0.25, 0.3) is 0 Å². The highest BCUT2D eigenvalue weighted by Crippen LogP contribution is 2.33. The van der Waals surface area contributed by atoms with Crippen LogP contribution < -0.4 is 15.4 Å². The Hall–Kier alpha value is -2.94. The molecule has 2 aromatic carbocycles. The predicted molar refractivity (Wildman–Crippen MR) is 105 cm³/mol. The molecule has 0 unspecified atom stereocenters. The van der Waals surface area contributed by atoms with E-state index in [0.717, 1.165) is 12.1 Å². The average Bonchev–Trinajstić information content (AvgIpc) is 2.69. The molecule has 10 heteroatoms. The number of nitro benzene ring substituents is 1. The fourth-order valence-corrected chi connectivity index (χ4v) is 2.32. The van der Waals surface area contributed by atoms with Crippen molar-refractivity contribution in [1.82, 2.24) is 0 Å². The molecule has 2 N–H and O–H groups in total. The van der Waals surface area contributed by atoms with Crippen LogP contribution in [0.5, 0.6) is 5.75 Å². The quantitative estimate of drug-likeness (QED) is 0.487. The van der Waals surface area contributed by atoms with Crippen molar-refractivity contribution >= 4 is 34.6 Å². The zero-order valence-corrected chi connectivity index (χ0v) is 16.3. The number of nitrogens with zero attached hydrogens (tertiary/aromatic N) is 1. The van der Waals surface area contributed by atoms with Gasteiger partial charge in [0.25, 0.3) is 11.6 Å². The van der Waals surface area contributed by atoms with E-state index < -0.39 is 23.3 Å². The summed E-state index contributed by atoms with van der Waals surface area (Å²) in [4.78, 5) is 23.0. The summed E-state index contributed by atoms with van der Waals surface area (Å²) < 4.78 is 30.8. The molecule has 152 valence electrons. The maximum Gasteiger partial charge on any atom is 0.293 e. The number of hydrogen-bond donors (Lipinski definition) is 2. The minimum absolute atomic E-state index is 0.0386. The van der Waals surface area contributed by atoms with E-state index in [0.29, 0.717) is 0 Å². The second kappa shape index (κ2) is 11.0. The molecule has 0 bridgehead atoms. The molecule has 0 atom stereocenters. The zero-order valence-electron chi connectivity index (χ0n) is 15.5. The van der Waals surface area contributed by atoms with Crippen molar-refractivity contribution in [2.75, 3.05) is 31.0 Å². The molecule has 2 aromatic rings. The fourth-order valence-electron chi connectivity index (χ4n) is 2.14. The van der Waals surface area contributed by atoms with Gasteiger partial charge in [-0.25, -0.2) is 8.78 Å². The Kier molecular flexibility index (Phi) is 9.10. The van der Waals surface area contributed by atoms with Crippen molar-refractivity contribution < 1.29 is 23.2 Å². The van der Waals surface area contributed by atoms with Crippen molar-refractivity contribution in [3.8, 4) is 5.75 Å². The Morgan fingerprint density at radius 2 is 1.96 bits per heavy atom. The van der Waals surface area contributed by atoms with Crippen LogP contribution in [0.4, 0.5) is 25.8 Å². The van der Waals surface area contributed by atoms with Gasteiger partial charge >= 0.3 is 0 Å². The Balaban J connectivity index is 0.00000190. The highest BCUT2D eigenvalue weighted by molar-refractivity contribution is 6.31. The van der Waals surface area contributed by atoms with Gasteiger partial charge in [-0.2, -0.15) is 0 Å². The van der Waals surface area contributed by atoms with Gasteiger partial charge in [-0.3, -0.25) is 14.9 Å². The smallest absolute Gasteiger partial charge is 0.293 e. The van der Waals surface area contributed by atoms with Crippen LogP contribution in [0.1, 0.15) is 24.2 Å². The first kappa shape index (κ1) is 23.1. The third kappa shape index (κ3) is 5.78. The zero-order chi connectivity index (χ0) is 21.3. The maximum absolute atomic E-state index is 13.2. The standard InChI is InChI=1S/C16H14ClF2N3O4.C2H6/c1-20-13-8-15(26-5-4-18)10(7-14(13)22(24)25)16(23)21-9-2-3-12(19)11(17)6-9;1-2/h2-3,6-8,20H,4-5H2,1H3,(H,21,23);1-2H3. The van der Waals surface area contributed by atoms with E-state index in [1.54, 1.807) is 0 Å².